The third-order valence-corrected chi connectivity index (χ3v) is 4.55. The van der Waals surface area contributed by atoms with Gasteiger partial charge >= 0.3 is 0 Å². The maximum Gasteiger partial charge on any atom is 0.151 e. The Bertz CT molecular complexity index is 467. The molecule has 1 aromatic heterocycles. The number of thiazole rings is 1. The van der Waals surface area contributed by atoms with Crippen molar-refractivity contribution in [2.75, 3.05) is 5.75 Å². The summed E-state index contributed by atoms with van der Waals surface area (Å²) in [5.74, 6) is 0.926. The van der Waals surface area contributed by atoms with Gasteiger partial charge in [-0.15, -0.1) is 11.3 Å². The summed E-state index contributed by atoms with van der Waals surface area (Å²) < 4.78 is 15.0. The van der Waals surface area contributed by atoms with Gasteiger partial charge < -0.3 is 0 Å². The number of halogens is 1. The van der Waals surface area contributed by atoms with Crippen molar-refractivity contribution in [3.8, 4) is 0 Å². The van der Waals surface area contributed by atoms with E-state index in [0.717, 1.165) is 20.3 Å². The van der Waals surface area contributed by atoms with Gasteiger partial charge in [0.25, 0.3) is 0 Å². The van der Waals surface area contributed by atoms with Gasteiger partial charge in [0.2, 0.25) is 0 Å². The van der Waals surface area contributed by atoms with Gasteiger partial charge in [0.05, 0.1) is 10.2 Å². The van der Waals surface area contributed by atoms with Gasteiger partial charge in [0.1, 0.15) is 5.82 Å². The molecule has 0 N–H and O–H groups in total. The minimum absolute atomic E-state index is 0.182. The summed E-state index contributed by atoms with van der Waals surface area (Å²) in [7, 11) is 0. The Morgan fingerprint density at radius 3 is 3.06 bits per heavy atom. The highest BCUT2D eigenvalue weighted by Gasteiger charge is 2.04. The zero-order valence-electron chi connectivity index (χ0n) is 9.20. The number of thioether (sulfide) groups is 1. The fourth-order valence-electron chi connectivity index (χ4n) is 1.45. The van der Waals surface area contributed by atoms with E-state index in [0.29, 0.717) is 0 Å². The first-order valence-corrected chi connectivity index (χ1v) is 7.28. The molecule has 0 unspecified atom stereocenters. The normalized spacial score (nSPS) is 11.1. The van der Waals surface area contributed by atoms with Crippen LogP contribution in [0.5, 0.6) is 0 Å². The van der Waals surface area contributed by atoms with Crippen LogP contribution in [0.15, 0.2) is 22.5 Å². The maximum atomic E-state index is 13.0. The van der Waals surface area contributed by atoms with E-state index in [-0.39, 0.29) is 5.82 Å². The second-order valence-corrected chi connectivity index (χ2v) is 6.02. The Morgan fingerprint density at radius 2 is 2.25 bits per heavy atom. The van der Waals surface area contributed by atoms with Gasteiger partial charge in [-0.25, -0.2) is 9.37 Å². The summed E-state index contributed by atoms with van der Waals surface area (Å²) in [6.07, 6.45) is 3.74. The predicted molar refractivity (Wildman–Crippen MR) is 69.8 cm³/mol. The van der Waals surface area contributed by atoms with Crippen LogP contribution in [0.2, 0.25) is 0 Å². The van der Waals surface area contributed by atoms with Crippen molar-refractivity contribution in [3.63, 3.8) is 0 Å². The standard InChI is InChI=1S/C12H14FNS2/c1-2-3-4-7-15-12-14-10-6-5-9(13)8-11(10)16-12/h5-6,8H,2-4,7H2,1H3. The van der Waals surface area contributed by atoms with Crippen molar-refractivity contribution in [3.05, 3.63) is 24.0 Å². The van der Waals surface area contributed by atoms with Crippen LogP contribution in [0.4, 0.5) is 4.39 Å². The Hall–Kier alpha value is -0.610. The van der Waals surface area contributed by atoms with Crippen molar-refractivity contribution in [1.82, 2.24) is 4.98 Å². The number of fused-ring (bicyclic) bond motifs is 1. The minimum atomic E-state index is -0.182. The lowest BCUT2D eigenvalue weighted by Gasteiger charge is -1.94. The van der Waals surface area contributed by atoms with Crippen LogP contribution in [-0.2, 0) is 0 Å². The first kappa shape index (κ1) is 11.9. The fourth-order valence-corrected chi connectivity index (χ4v) is 3.61. The molecule has 0 aliphatic carbocycles. The molecule has 0 saturated heterocycles. The second kappa shape index (κ2) is 5.64. The number of unbranched alkanes of at least 4 members (excludes halogenated alkanes) is 2. The number of nitrogens with zero attached hydrogens (tertiary/aromatic N) is 1. The lowest BCUT2D eigenvalue weighted by atomic mass is 10.3. The van der Waals surface area contributed by atoms with Gasteiger partial charge in [-0.05, 0) is 24.6 Å². The van der Waals surface area contributed by atoms with Crippen molar-refractivity contribution >= 4 is 33.3 Å². The van der Waals surface area contributed by atoms with Gasteiger partial charge in [-0.3, -0.25) is 0 Å². The van der Waals surface area contributed by atoms with Crippen LogP contribution < -0.4 is 0 Å². The molecule has 1 aromatic carbocycles. The van der Waals surface area contributed by atoms with E-state index in [1.54, 1.807) is 35.2 Å². The van der Waals surface area contributed by atoms with E-state index in [4.69, 9.17) is 0 Å². The Kier molecular flexibility index (Phi) is 4.18. The molecule has 2 rings (SSSR count). The second-order valence-electron chi connectivity index (χ2n) is 3.65. The van der Waals surface area contributed by atoms with Crippen LogP contribution in [0, 0.1) is 5.82 Å². The maximum absolute atomic E-state index is 13.0. The van der Waals surface area contributed by atoms with E-state index in [1.165, 1.54) is 25.3 Å². The average Bonchev–Trinajstić information content (AvgIpc) is 2.66. The summed E-state index contributed by atoms with van der Waals surface area (Å²) in [6, 6.07) is 4.77. The molecular weight excluding hydrogens is 241 g/mol. The summed E-state index contributed by atoms with van der Waals surface area (Å²) >= 11 is 3.36. The highest BCUT2D eigenvalue weighted by atomic mass is 32.2. The number of hydrogen-bond donors (Lipinski definition) is 0. The summed E-state index contributed by atoms with van der Waals surface area (Å²) in [5, 5.41) is 0. The highest BCUT2D eigenvalue weighted by Crippen LogP contribution is 2.30. The zero-order chi connectivity index (χ0) is 11.4. The first-order valence-electron chi connectivity index (χ1n) is 5.48. The predicted octanol–water partition coefficient (Wildman–Crippen LogP) is 4.72. The molecule has 0 radical (unpaired) electrons. The largest absolute Gasteiger partial charge is 0.230 e. The average molecular weight is 255 g/mol. The molecule has 0 fully saturated rings. The summed E-state index contributed by atoms with van der Waals surface area (Å²) in [5.41, 5.74) is 0.907. The molecule has 0 aliphatic rings. The van der Waals surface area contributed by atoms with Crippen LogP contribution in [0.3, 0.4) is 0 Å². The topological polar surface area (TPSA) is 12.9 Å². The smallest absolute Gasteiger partial charge is 0.151 e. The molecular formula is C12H14FNS2. The van der Waals surface area contributed by atoms with E-state index in [2.05, 4.69) is 11.9 Å². The molecule has 0 bridgehead atoms. The molecule has 0 amide bonds. The summed E-state index contributed by atoms with van der Waals surface area (Å²) in [6.45, 7) is 2.20. The molecule has 2 aromatic rings. The Labute approximate surface area is 103 Å². The lowest BCUT2D eigenvalue weighted by molar-refractivity contribution is 0.630. The van der Waals surface area contributed by atoms with Gasteiger partial charge in [-0.2, -0.15) is 0 Å². The van der Waals surface area contributed by atoms with Crippen LogP contribution in [-0.4, -0.2) is 10.7 Å². The Morgan fingerprint density at radius 1 is 1.38 bits per heavy atom. The zero-order valence-corrected chi connectivity index (χ0v) is 10.8. The van der Waals surface area contributed by atoms with Crippen molar-refractivity contribution < 1.29 is 4.39 Å². The third-order valence-electron chi connectivity index (χ3n) is 2.30. The third kappa shape index (κ3) is 2.95. The number of benzene rings is 1. The lowest BCUT2D eigenvalue weighted by Crippen LogP contribution is -1.78. The molecule has 0 aliphatic heterocycles. The molecule has 1 heterocycles. The number of aromatic nitrogens is 1. The monoisotopic (exact) mass is 255 g/mol. The molecule has 16 heavy (non-hydrogen) atoms. The molecule has 4 heteroatoms. The quantitative estimate of drug-likeness (QED) is 0.566. The molecule has 86 valence electrons. The van der Waals surface area contributed by atoms with Crippen LogP contribution in [0.1, 0.15) is 26.2 Å². The van der Waals surface area contributed by atoms with Gasteiger partial charge in [-0.1, -0.05) is 31.5 Å². The van der Waals surface area contributed by atoms with Gasteiger partial charge in [0, 0.05) is 5.75 Å². The van der Waals surface area contributed by atoms with Crippen molar-refractivity contribution in [2.45, 2.75) is 30.5 Å². The van der Waals surface area contributed by atoms with E-state index < -0.39 is 0 Å². The van der Waals surface area contributed by atoms with Crippen LogP contribution >= 0.6 is 23.1 Å². The summed E-state index contributed by atoms with van der Waals surface area (Å²) in [4.78, 5) is 4.47. The molecule has 0 saturated carbocycles. The SMILES string of the molecule is CCCCCSc1nc2ccc(F)cc2s1. The van der Waals surface area contributed by atoms with Crippen LogP contribution in [0.25, 0.3) is 10.2 Å². The first-order chi connectivity index (χ1) is 7.79. The highest BCUT2D eigenvalue weighted by molar-refractivity contribution is 8.01. The van der Waals surface area contributed by atoms with Crippen molar-refractivity contribution in [1.29, 1.82) is 0 Å². The van der Waals surface area contributed by atoms with E-state index >= 15 is 0 Å². The van der Waals surface area contributed by atoms with E-state index in [1.807, 2.05) is 0 Å². The van der Waals surface area contributed by atoms with Crippen molar-refractivity contribution in [2.24, 2.45) is 0 Å². The fraction of sp³-hybridized carbons (Fsp3) is 0.417. The molecule has 0 spiro atoms. The van der Waals surface area contributed by atoms with E-state index in [9.17, 15) is 4.39 Å². The Balaban J connectivity index is 2.02. The molecule has 1 nitrogen and oxygen atoms in total. The molecule has 0 atom stereocenters. The minimum Gasteiger partial charge on any atom is -0.230 e. The number of rotatable bonds is 5. The number of hydrogen-bond acceptors (Lipinski definition) is 3. The van der Waals surface area contributed by atoms with Gasteiger partial charge in [0.15, 0.2) is 4.34 Å².